The lowest BCUT2D eigenvalue weighted by Crippen LogP contribution is -2.30. The first-order valence-corrected chi connectivity index (χ1v) is 9.63. The van der Waals surface area contributed by atoms with E-state index in [2.05, 4.69) is 10.6 Å². The van der Waals surface area contributed by atoms with Crippen molar-refractivity contribution in [2.24, 2.45) is 0 Å². The number of urea groups is 1. The van der Waals surface area contributed by atoms with Crippen LogP contribution in [0.2, 0.25) is 0 Å². The topological polar surface area (TPSA) is 82.0 Å². The molecule has 0 bridgehead atoms. The van der Waals surface area contributed by atoms with Gasteiger partial charge >= 0.3 is 6.03 Å². The summed E-state index contributed by atoms with van der Waals surface area (Å²) < 4.78 is 21.4. The summed E-state index contributed by atoms with van der Waals surface area (Å²) in [5, 5.41) is 5.71. The number of benzene rings is 2. The summed E-state index contributed by atoms with van der Waals surface area (Å²) in [4.78, 5) is 12.2. The van der Waals surface area contributed by atoms with Gasteiger partial charge in [-0.05, 0) is 53.9 Å². The van der Waals surface area contributed by atoms with E-state index < -0.39 is 0 Å². The number of furan rings is 1. The molecule has 1 aromatic heterocycles. The van der Waals surface area contributed by atoms with E-state index in [1.54, 1.807) is 20.5 Å². The Morgan fingerprint density at radius 3 is 2.57 bits per heavy atom. The van der Waals surface area contributed by atoms with Gasteiger partial charge in [0.2, 0.25) is 0 Å². The van der Waals surface area contributed by atoms with Crippen LogP contribution < -0.4 is 20.1 Å². The summed E-state index contributed by atoms with van der Waals surface area (Å²) >= 11 is 0. The van der Waals surface area contributed by atoms with Crippen LogP contribution >= 0.6 is 0 Å². The highest BCUT2D eigenvalue weighted by molar-refractivity contribution is 5.89. The molecule has 0 unspecified atom stereocenters. The first kappa shape index (κ1) is 21.3. The molecule has 0 atom stereocenters. The molecule has 0 spiro atoms. The van der Waals surface area contributed by atoms with Gasteiger partial charge in [0, 0.05) is 12.2 Å². The Morgan fingerprint density at radius 1 is 0.933 bits per heavy atom. The molecule has 7 nitrogen and oxygen atoms in total. The Bertz CT molecular complexity index is 941. The predicted molar refractivity (Wildman–Crippen MR) is 114 cm³/mol. The number of hydrogen-bond donors (Lipinski definition) is 2. The second-order valence-corrected chi connectivity index (χ2v) is 6.59. The summed E-state index contributed by atoms with van der Waals surface area (Å²) in [6.45, 7) is 1.33. The maximum atomic E-state index is 12.2. The molecule has 0 aliphatic heterocycles. The Labute approximate surface area is 175 Å². The fourth-order valence-electron chi connectivity index (χ4n) is 2.93. The van der Waals surface area contributed by atoms with Gasteiger partial charge in [-0.25, -0.2) is 4.79 Å². The highest BCUT2D eigenvalue weighted by Gasteiger charge is 2.06. The zero-order chi connectivity index (χ0) is 21.2. The highest BCUT2D eigenvalue weighted by Crippen LogP contribution is 2.27. The van der Waals surface area contributed by atoms with Crippen LogP contribution in [0.5, 0.6) is 11.5 Å². The van der Waals surface area contributed by atoms with E-state index >= 15 is 0 Å². The number of anilines is 1. The standard InChI is InChI=1S/C23H26N2O5/c1-27-21-9-8-17(14-22(21)28-2)10-11-24-23(26)25-19-6-3-5-18(13-19)15-29-16-20-7-4-12-30-20/h3-9,12-14H,10-11,15-16H2,1-2H3,(H2,24,25,26). The minimum absolute atomic E-state index is 0.260. The first-order chi connectivity index (χ1) is 14.7. The molecule has 30 heavy (non-hydrogen) atoms. The maximum absolute atomic E-state index is 12.2. The van der Waals surface area contributed by atoms with Crippen LogP contribution in [0.4, 0.5) is 10.5 Å². The lowest BCUT2D eigenvalue weighted by molar-refractivity contribution is 0.0930. The minimum Gasteiger partial charge on any atom is -0.493 e. The molecule has 2 amide bonds. The smallest absolute Gasteiger partial charge is 0.319 e. The van der Waals surface area contributed by atoms with Crippen LogP contribution in [0.3, 0.4) is 0 Å². The number of nitrogens with one attached hydrogen (secondary N) is 2. The van der Waals surface area contributed by atoms with Gasteiger partial charge in [-0.3, -0.25) is 0 Å². The largest absolute Gasteiger partial charge is 0.493 e. The summed E-state index contributed by atoms with van der Waals surface area (Å²) in [6.07, 6.45) is 2.29. The summed E-state index contributed by atoms with van der Waals surface area (Å²) in [5.74, 6) is 2.13. The molecule has 0 aliphatic rings. The number of hydrogen-bond acceptors (Lipinski definition) is 5. The Hall–Kier alpha value is -3.45. The van der Waals surface area contributed by atoms with Crippen molar-refractivity contribution in [2.45, 2.75) is 19.6 Å². The first-order valence-electron chi connectivity index (χ1n) is 9.63. The van der Waals surface area contributed by atoms with E-state index in [4.69, 9.17) is 18.6 Å². The molecule has 0 saturated carbocycles. The fourth-order valence-corrected chi connectivity index (χ4v) is 2.93. The third-order valence-corrected chi connectivity index (χ3v) is 4.43. The van der Waals surface area contributed by atoms with Gasteiger partial charge in [-0.1, -0.05) is 18.2 Å². The van der Waals surface area contributed by atoms with Crippen molar-refractivity contribution in [3.8, 4) is 11.5 Å². The molecule has 2 aromatic carbocycles. The van der Waals surface area contributed by atoms with Crippen molar-refractivity contribution in [2.75, 3.05) is 26.1 Å². The third kappa shape index (κ3) is 6.28. The summed E-state index contributed by atoms with van der Waals surface area (Å²) in [7, 11) is 3.20. The molecule has 0 fully saturated rings. The van der Waals surface area contributed by atoms with Crippen molar-refractivity contribution in [3.63, 3.8) is 0 Å². The van der Waals surface area contributed by atoms with Crippen molar-refractivity contribution >= 4 is 11.7 Å². The molecule has 3 rings (SSSR count). The van der Waals surface area contributed by atoms with E-state index in [1.165, 1.54) is 0 Å². The van der Waals surface area contributed by atoms with Crippen LogP contribution in [0.15, 0.2) is 65.3 Å². The van der Waals surface area contributed by atoms with Crippen molar-refractivity contribution in [1.82, 2.24) is 5.32 Å². The lowest BCUT2D eigenvalue weighted by Gasteiger charge is -2.11. The lowest BCUT2D eigenvalue weighted by atomic mass is 10.1. The molecule has 158 valence electrons. The average molecular weight is 410 g/mol. The van der Waals surface area contributed by atoms with E-state index in [1.807, 2.05) is 54.6 Å². The van der Waals surface area contributed by atoms with Gasteiger partial charge < -0.3 is 29.3 Å². The molecular weight excluding hydrogens is 384 g/mol. The second kappa shape index (κ2) is 10.9. The molecule has 0 radical (unpaired) electrons. The van der Waals surface area contributed by atoms with E-state index in [-0.39, 0.29) is 6.03 Å². The van der Waals surface area contributed by atoms with Crippen LogP contribution in [-0.2, 0) is 24.4 Å². The number of carbonyl (C=O) groups is 1. The van der Waals surface area contributed by atoms with Crippen LogP contribution in [0.1, 0.15) is 16.9 Å². The van der Waals surface area contributed by atoms with Gasteiger partial charge in [-0.15, -0.1) is 0 Å². The molecule has 1 heterocycles. The van der Waals surface area contributed by atoms with Gasteiger partial charge in [0.1, 0.15) is 12.4 Å². The average Bonchev–Trinajstić information content (AvgIpc) is 3.27. The zero-order valence-corrected chi connectivity index (χ0v) is 17.1. The predicted octanol–water partition coefficient (Wildman–Crippen LogP) is 4.38. The Kier molecular flexibility index (Phi) is 7.74. The van der Waals surface area contributed by atoms with E-state index in [9.17, 15) is 4.79 Å². The Morgan fingerprint density at radius 2 is 1.80 bits per heavy atom. The van der Waals surface area contributed by atoms with E-state index in [0.29, 0.717) is 43.4 Å². The normalized spacial score (nSPS) is 10.5. The molecule has 0 saturated heterocycles. The fraction of sp³-hybridized carbons (Fsp3) is 0.261. The number of rotatable bonds is 10. The van der Waals surface area contributed by atoms with Crippen LogP contribution in [-0.4, -0.2) is 26.8 Å². The van der Waals surface area contributed by atoms with Crippen molar-refractivity contribution in [3.05, 3.63) is 77.7 Å². The minimum atomic E-state index is -0.260. The zero-order valence-electron chi connectivity index (χ0n) is 17.1. The molecular formula is C23H26N2O5. The molecule has 7 heteroatoms. The third-order valence-electron chi connectivity index (χ3n) is 4.43. The summed E-state index contributed by atoms with van der Waals surface area (Å²) in [6, 6.07) is 16.7. The number of methoxy groups -OCH3 is 2. The van der Waals surface area contributed by atoms with E-state index in [0.717, 1.165) is 16.9 Å². The number of amides is 2. The number of carbonyl (C=O) groups excluding carboxylic acids is 1. The monoisotopic (exact) mass is 410 g/mol. The maximum Gasteiger partial charge on any atom is 0.319 e. The molecule has 3 aromatic rings. The number of ether oxygens (including phenoxy) is 3. The SMILES string of the molecule is COc1ccc(CCNC(=O)Nc2cccc(COCc3ccco3)c2)cc1OC. The Balaban J connectivity index is 1.43. The van der Waals surface area contributed by atoms with Gasteiger partial charge in [0.25, 0.3) is 0 Å². The second-order valence-electron chi connectivity index (χ2n) is 6.59. The molecule has 2 N–H and O–H groups in total. The van der Waals surface area contributed by atoms with Crippen molar-refractivity contribution in [1.29, 1.82) is 0 Å². The van der Waals surface area contributed by atoms with Crippen molar-refractivity contribution < 1.29 is 23.4 Å². The summed E-state index contributed by atoms with van der Waals surface area (Å²) in [5.41, 5.74) is 2.71. The van der Waals surface area contributed by atoms with Crippen LogP contribution in [0.25, 0.3) is 0 Å². The van der Waals surface area contributed by atoms with Gasteiger partial charge in [0.15, 0.2) is 11.5 Å². The van der Waals surface area contributed by atoms with Crippen LogP contribution in [0, 0.1) is 0 Å². The molecule has 0 aliphatic carbocycles. The van der Waals surface area contributed by atoms with Gasteiger partial charge in [-0.2, -0.15) is 0 Å². The highest BCUT2D eigenvalue weighted by atomic mass is 16.5. The quantitative estimate of drug-likeness (QED) is 0.518. The van der Waals surface area contributed by atoms with Gasteiger partial charge in [0.05, 0.1) is 27.1 Å².